The van der Waals surface area contributed by atoms with E-state index < -0.39 is 5.54 Å². The molecule has 1 N–H and O–H groups in total. The fourth-order valence-electron chi connectivity index (χ4n) is 1.95. The molecule has 1 aromatic rings. The summed E-state index contributed by atoms with van der Waals surface area (Å²) in [4.78, 5) is 0. The lowest BCUT2D eigenvalue weighted by Gasteiger charge is -2.17. The number of hydrogen-bond acceptors (Lipinski definition) is 3. The Morgan fingerprint density at radius 1 is 1.47 bits per heavy atom. The number of fused-ring (bicyclic) bond motifs is 1. The minimum Gasteiger partial charge on any atom is -0.493 e. The Balaban J connectivity index is 1.90. The molecule has 2 rings (SSSR count). The van der Waals surface area contributed by atoms with Crippen LogP contribution in [0, 0.1) is 11.3 Å². The molecule has 3 heteroatoms. The van der Waals surface area contributed by atoms with Gasteiger partial charge in [0.2, 0.25) is 0 Å². The van der Waals surface area contributed by atoms with Gasteiger partial charge in [-0.2, -0.15) is 5.26 Å². The van der Waals surface area contributed by atoms with Crippen molar-refractivity contribution in [1.29, 1.82) is 5.26 Å². The normalized spacial score (nSPS) is 13.9. The van der Waals surface area contributed by atoms with Crippen LogP contribution in [0.5, 0.6) is 5.75 Å². The second kappa shape index (κ2) is 4.77. The molecule has 1 heterocycles. The number of ether oxygens (including phenoxy) is 1. The summed E-state index contributed by atoms with van der Waals surface area (Å²) in [5, 5.41) is 12.1. The molecule has 3 nitrogen and oxygen atoms in total. The molecule has 17 heavy (non-hydrogen) atoms. The van der Waals surface area contributed by atoms with Crippen LogP contribution < -0.4 is 10.1 Å². The van der Waals surface area contributed by atoms with Crippen LogP contribution in [-0.4, -0.2) is 18.7 Å². The molecule has 1 aliphatic rings. The lowest BCUT2D eigenvalue weighted by molar-refractivity contribution is 0.357. The highest BCUT2D eigenvalue weighted by Crippen LogP contribution is 2.25. The summed E-state index contributed by atoms with van der Waals surface area (Å²) in [7, 11) is 0. The van der Waals surface area contributed by atoms with Gasteiger partial charge in [-0.05, 0) is 37.5 Å². The monoisotopic (exact) mass is 230 g/mol. The van der Waals surface area contributed by atoms with E-state index in [1.54, 1.807) is 0 Å². The third-order valence-corrected chi connectivity index (χ3v) is 3.01. The summed E-state index contributed by atoms with van der Waals surface area (Å²) < 4.78 is 5.47. The van der Waals surface area contributed by atoms with Crippen molar-refractivity contribution in [2.75, 3.05) is 13.2 Å². The van der Waals surface area contributed by atoms with Crippen LogP contribution in [0.25, 0.3) is 0 Å². The number of hydrogen-bond donors (Lipinski definition) is 1. The molecule has 0 atom stereocenters. The van der Waals surface area contributed by atoms with Crippen molar-refractivity contribution in [3.63, 3.8) is 0 Å². The van der Waals surface area contributed by atoms with E-state index in [0.29, 0.717) is 0 Å². The van der Waals surface area contributed by atoms with E-state index in [1.165, 1.54) is 11.1 Å². The third-order valence-electron chi connectivity index (χ3n) is 3.01. The minimum absolute atomic E-state index is 0.445. The van der Waals surface area contributed by atoms with Gasteiger partial charge in [-0.25, -0.2) is 0 Å². The highest BCUT2D eigenvalue weighted by Gasteiger charge is 2.15. The van der Waals surface area contributed by atoms with E-state index >= 15 is 0 Å². The molecule has 0 radical (unpaired) electrons. The molecule has 0 saturated carbocycles. The minimum atomic E-state index is -0.445. The highest BCUT2D eigenvalue weighted by atomic mass is 16.5. The van der Waals surface area contributed by atoms with Crippen LogP contribution in [0.3, 0.4) is 0 Å². The smallest absolute Gasteiger partial charge is 0.122 e. The lowest BCUT2D eigenvalue weighted by Crippen LogP contribution is -2.38. The molecule has 0 bridgehead atoms. The van der Waals surface area contributed by atoms with Gasteiger partial charge in [0.1, 0.15) is 11.3 Å². The van der Waals surface area contributed by atoms with Crippen LogP contribution in [-0.2, 0) is 12.8 Å². The van der Waals surface area contributed by atoms with Crippen LogP contribution in [0.1, 0.15) is 25.0 Å². The van der Waals surface area contributed by atoms with Crippen molar-refractivity contribution in [3.8, 4) is 11.8 Å². The van der Waals surface area contributed by atoms with Gasteiger partial charge in [0.05, 0.1) is 12.7 Å². The maximum atomic E-state index is 8.89. The zero-order chi connectivity index (χ0) is 12.3. The number of nitriles is 1. The van der Waals surface area contributed by atoms with E-state index in [2.05, 4.69) is 23.5 Å². The molecule has 0 aliphatic carbocycles. The van der Waals surface area contributed by atoms with E-state index in [4.69, 9.17) is 10.00 Å². The average Bonchev–Trinajstić information content (AvgIpc) is 2.76. The standard InChI is InChI=1S/C14H18N2O/c1-14(2,10-15)16-7-5-11-3-4-13-12(9-11)6-8-17-13/h3-4,9,16H,5-8H2,1-2H3. The van der Waals surface area contributed by atoms with Gasteiger partial charge >= 0.3 is 0 Å². The van der Waals surface area contributed by atoms with Gasteiger partial charge in [0, 0.05) is 13.0 Å². The first kappa shape index (κ1) is 11.9. The molecule has 0 aromatic heterocycles. The Kier molecular flexibility index (Phi) is 3.35. The van der Waals surface area contributed by atoms with Crippen LogP contribution in [0.4, 0.5) is 0 Å². The quantitative estimate of drug-likeness (QED) is 0.861. The molecular weight excluding hydrogens is 212 g/mol. The fourth-order valence-corrected chi connectivity index (χ4v) is 1.95. The van der Waals surface area contributed by atoms with Crippen molar-refractivity contribution < 1.29 is 4.74 Å². The third kappa shape index (κ3) is 2.98. The van der Waals surface area contributed by atoms with Crippen LogP contribution in [0.2, 0.25) is 0 Å². The summed E-state index contributed by atoms with van der Waals surface area (Å²) in [5.41, 5.74) is 2.16. The maximum Gasteiger partial charge on any atom is 0.122 e. The molecule has 1 aromatic carbocycles. The maximum absolute atomic E-state index is 8.89. The molecule has 1 aliphatic heterocycles. The molecule has 0 amide bonds. The van der Waals surface area contributed by atoms with E-state index in [-0.39, 0.29) is 0 Å². The summed E-state index contributed by atoms with van der Waals surface area (Å²) in [6, 6.07) is 8.60. The number of rotatable bonds is 4. The lowest BCUT2D eigenvalue weighted by atomic mass is 10.0. The SMILES string of the molecule is CC(C)(C#N)NCCc1ccc2c(c1)CCO2. The summed E-state index contributed by atoms with van der Waals surface area (Å²) in [6.45, 7) is 5.41. The van der Waals surface area contributed by atoms with Crippen molar-refractivity contribution in [1.82, 2.24) is 5.32 Å². The van der Waals surface area contributed by atoms with Gasteiger partial charge in [-0.1, -0.05) is 12.1 Å². The van der Waals surface area contributed by atoms with Crippen molar-refractivity contribution in [2.24, 2.45) is 0 Å². The zero-order valence-corrected chi connectivity index (χ0v) is 10.4. The zero-order valence-electron chi connectivity index (χ0n) is 10.4. The van der Waals surface area contributed by atoms with Gasteiger partial charge in [-0.3, -0.25) is 5.32 Å². The van der Waals surface area contributed by atoms with Crippen molar-refractivity contribution in [2.45, 2.75) is 32.2 Å². The topological polar surface area (TPSA) is 45.0 Å². The summed E-state index contributed by atoms with van der Waals surface area (Å²) in [6.07, 6.45) is 1.96. The largest absolute Gasteiger partial charge is 0.493 e. The van der Waals surface area contributed by atoms with Crippen molar-refractivity contribution >= 4 is 0 Å². The predicted molar refractivity (Wildman–Crippen MR) is 67.0 cm³/mol. The molecule has 0 unspecified atom stereocenters. The molecule has 0 spiro atoms. The van der Waals surface area contributed by atoms with E-state index in [1.807, 2.05) is 19.9 Å². The molecule has 0 saturated heterocycles. The second-order valence-corrected chi connectivity index (χ2v) is 4.95. The Morgan fingerprint density at radius 2 is 2.29 bits per heavy atom. The van der Waals surface area contributed by atoms with E-state index in [0.717, 1.165) is 31.7 Å². The fraction of sp³-hybridized carbons (Fsp3) is 0.500. The second-order valence-electron chi connectivity index (χ2n) is 4.95. The Morgan fingerprint density at radius 3 is 3.06 bits per heavy atom. The molecule has 90 valence electrons. The van der Waals surface area contributed by atoms with Crippen LogP contribution >= 0.6 is 0 Å². The first-order chi connectivity index (χ1) is 8.11. The molecular formula is C14H18N2O. The summed E-state index contributed by atoms with van der Waals surface area (Å²) in [5.74, 6) is 1.03. The van der Waals surface area contributed by atoms with Gasteiger partial charge in [0.25, 0.3) is 0 Å². The number of nitrogens with zero attached hydrogens (tertiary/aromatic N) is 1. The first-order valence-corrected chi connectivity index (χ1v) is 6.02. The molecule has 0 fully saturated rings. The average molecular weight is 230 g/mol. The first-order valence-electron chi connectivity index (χ1n) is 6.02. The van der Waals surface area contributed by atoms with Crippen LogP contribution in [0.15, 0.2) is 18.2 Å². The van der Waals surface area contributed by atoms with Gasteiger partial charge < -0.3 is 4.74 Å². The predicted octanol–water partition coefficient (Wildman–Crippen LogP) is 2.06. The number of benzene rings is 1. The highest BCUT2D eigenvalue weighted by molar-refractivity contribution is 5.39. The van der Waals surface area contributed by atoms with Crippen molar-refractivity contribution in [3.05, 3.63) is 29.3 Å². The van der Waals surface area contributed by atoms with E-state index in [9.17, 15) is 0 Å². The summed E-state index contributed by atoms with van der Waals surface area (Å²) >= 11 is 0. The van der Waals surface area contributed by atoms with Gasteiger partial charge in [0.15, 0.2) is 0 Å². The Hall–Kier alpha value is -1.53. The van der Waals surface area contributed by atoms with Gasteiger partial charge in [-0.15, -0.1) is 0 Å². The Bertz CT molecular complexity index is 446. The number of nitrogens with one attached hydrogen (secondary N) is 1. The Labute approximate surface area is 102 Å².